The molecule has 1 N–H and O–H groups in total. The Bertz CT molecular complexity index is 1040. The number of Topliss-reactive ketones (excluding diaryl/α,β-unsaturated/α-hetero) is 2. The summed E-state index contributed by atoms with van der Waals surface area (Å²) < 4.78 is 0. The van der Waals surface area contributed by atoms with Crippen molar-refractivity contribution in [1.29, 1.82) is 0 Å². The lowest BCUT2D eigenvalue weighted by molar-refractivity contribution is -0.134. The van der Waals surface area contributed by atoms with Crippen molar-refractivity contribution >= 4 is 17.5 Å². The average Bonchev–Trinajstić information content (AvgIpc) is 3.04. The Morgan fingerprint density at radius 1 is 0.622 bits per heavy atom. The van der Waals surface area contributed by atoms with Crippen molar-refractivity contribution in [3.8, 4) is 0 Å². The summed E-state index contributed by atoms with van der Waals surface area (Å²) in [7, 11) is 0. The molecule has 0 spiro atoms. The van der Waals surface area contributed by atoms with Crippen molar-refractivity contribution in [2.75, 3.05) is 6.54 Å². The van der Waals surface area contributed by atoms with Gasteiger partial charge in [0.1, 0.15) is 5.57 Å². The van der Waals surface area contributed by atoms with Crippen LogP contribution in [0.5, 0.6) is 0 Å². The van der Waals surface area contributed by atoms with Crippen molar-refractivity contribution in [2.24, 2.45) is 0 Å². The first kappa shape index (κ1) is 38.5. The van der Waals surface area contributed by atoms with Gasteiger partial charge in [0.2, 0.25) is 5.78 Å². The largest absolute Gasteiger partial charge is 0.478 e. The van der Waals surface area contributed by atoms with Gasteiger partial charge in [-0.1, -0.05) is 155 Å². The molecule has 0 aromatic carbocycles. The highest BCUT2D eigenvalue weighted by molar-refractivity contribution is 6.27. The number of carboxylic acids is 1. The predicted octanol–water partition coefficient (Wildman–Crippen LogP) is 11.1. The molecule has 0 saturated heterocycles. The lowest BCUT2D eigenvalue weighted by Gasteiger charge is -2.27. The van der Waals surface area contributed by atoms with Gasteiger partial charge >= 0.3 is 5.97 Å². The highest BCUT2D eigenvalue weighted by Gasteiger charge is 2.29. The van der Waals surface area contributed by atoms with Crippen LogP contribution in [0.25, 0.3) is 0 Å². The number of carbonyl (C=O) groups excluding carboxylic acids is 2. The number of rotatable bonds is 27. The van der Waals surface area contributed by atoms with Gasteiger partial charge in [-0.15, -0.1) is 0 Å². The van der Waals surface area contributed by atoms with Crippen LogP contribution in [-0.2, 0) is 14.4 Å². The van der Waals surface area contributed by atoms with Gasteiger partial charge in [-0.3, -0.25) is 9.59 Å². The van der Waals surface area contributed by atoms with Crippen molar-refractivity contribution < 1.29 is 19.5 Å². The standard InChI is InChI=1S/C40H63NO4/c1-3-5-7-9-11-13-14-15-16-17-19-21-23-26-30-41-31-27-25-28-37(41)35-32-34(33-36(39(35)43)40(44)45)38(42)29-24-22-20-18-12-10-8-6-4-2/h25,27-28,31-33H,3-24,26,29-30H2,1-2H3,(H,44,45)/b37-35+. The maximum Gasteiger partial charge on any atom is 0.339 e. The van der Waals surface area contributed by atoms with Crippen LogP contribution in [0, 0.1) is 0 Å². The maximum absolute atomic E-state index is 13.3. The first-order valence-electron chi connectivity index (χ1n) is 18.6. The Kier molecular flexibility index (Phi) is 21.0. The van der Waals surface area contributed by atoms with Crippen LogP contribution in [0.15, 0.2) is 59.0 Å². The molecule has 252 valence electrons. The molecular formula is C40H63NO4. The third-order valence-corrected chi connectivity index (χ3v) is 9.12. The number of unbranched alkanes of at least 4 members (excludes halogenated alkanes) is 21. The molecule has 0 atom stereocenters. The first-order valence-corrected chi connectivity index (χ1v) is 18.6. The maximum atomic E-state index is 13.3. The van der Waals surface area contributed by atoms with Crippen LogP contribution >= 0.6 is 0 Å². The monoisotopic (exact) mass is 621 g/mol. The number of nitrogens with zero attached hydrogens (tertiary/aromatic N) is 1. The Hall–Kier alpha value is -2.69. The van der Waals surface area contributed by atoms with E-state index in [9.17, 15) is 19.5 Å². The molecule has 0 bridgehead atoms. The Balaban J connectivity index is 1.82. The fraction of sp³-hybridized carbons (Fsp3) is 0.675. The van der Waals surface area contributed by atoms with Crippen LogP contribution in [-0.4, -0.2) is 34.1 Å². The van der Waals surface area contributed by atoms with Gasteiger partial charge in [0.15, 0.2) is 5.78 Å². The van der Waals surface area contributed by atoms with E-state index in [2.05, 4.69) is 13.8 Å². The van der Waals surface area contributed by atoms with Gasteiger partial charge in [0.25, 0.3) is 0 Å². The summed E-state index contributed by atoms with van der Waals surface area (Å²) in [6.45, 7) is 5.25. The third-order valence-electron chi connectivity index (χ3n) is 9.12. The lowest BCUT2D eigenvalue weighted by atomic mass is 9.88. The van der Waals surface area contributed by atoms with Crippen molar-refractivity contribution in [3.63, 3.8) is 0 Å². The number of allylic oxidation sites excluding steroid dienone is 7. The molecule has 0 aromatic rings. The summed E-state index contributed by atoms with van der Waals surface area (Å²) in [5.74, 6) is -1.90. The highest BCUT2D eigenvalue weighted by atomic mass is 16.4. The molecule has 1 heterocycles. The Morgan fingerprint density at radius 3 is 1.58 bits per heavy atom. The minimum absolute atomic E-state index is 0.0869. The summed E-state index contributed by atoms with van der Waals surface area (Å²) in [5.41, 5.74) is 0.983. The zero-order valence-corrected chi connectivity index (χ0v) is 28.8. The summed E-state index contributed by atoms with van der Waals surface area (Å²) in [4.78, 5) is 40.4. The van der Waals surface area contributed by atoms with Crippen molar-refractivity contribution in [3.05, 3.63) is 59.0 Å². The molecule has 0 fully saturated rings. The molecule has 1 aliphatic heterocycles. The van der Waals surface area contributed by atoms with Gasteiger partial charge in [-0.25, -0.2) is 4.79 Å². The number of carboxylic acid groups (broad SMARTS) is 1. The molecule has 0 radical (unpaired) electrons. The molecule has 2 rings (SSSR count). The second-order valence-electron chi connectivity index (χ2n) is 13.1. The van der Waals surface area contributed by atoms with E-state index in [-0.39, 0.29) is 11.4 Å². The number of hydrogen-bond donors (Lipinski definition) is 1. The molecular weight excluding hydrogens is 558 g/mol. The smallest absolute Gasteiger partial charge is 0.339 e. The SMILES string of the molecule is CCCCCCCCCCCCCCCCN1C=CC=C/C1=C1/C=C(C(=O)CCCCCCCCCCC)C=C(C(=O)O)C1=O. The van der Waals surface area contributed by atoms with Crippen LogP contribution in [0.1, 0.15) is 168 Å². The lowest BCUT2D eigenvalue weighted by Crippen LogP contribution is -2.26. The van der Waals surface area contributed by atoms with E-state index in [1.165, 1.54) is 122 Å². The second-order valence-corrected chi connectivity index (χ2v) is 13.1. The molecule has 0 unspecified atom stereocenters. The molecule has 0 amide bonds. The second kappa shape index (κ2) is 24.5. The van der Waals surface area contributed by atoms with Gasteiger partial charge < -0.3 is 10.0 Å². The molecule has 0 saturated carbocycles. The van der Waals surface area contributed by atoms with Crippen LogP contribution in [0.2, 0.25) is 0 Å². The molecule has 5 nitrogen and oxygen atoms in total. The van der Waals surface area contributed by atoms with Gasteiger partial charge in [0, 0.05) is 30.3 Å². The van der Waals surface area contributed by atoms with Crippen LogP contribution in [0.4, 0.5) is 0 Å². The quantitative estimate of drug-likeness (QED) is 0.0561. The molecule has 0 aromatic heterocycles. The number of hydrogen-bond acceptors (Lipinski definition) is 4. The van der Waals surface area contributed by atoms with E-state index in [1.54, 1.807) is 6.08 Å². The summed E-state index contributed by atoms with van der Waals surface area (Å²) in [6, 6.07) is 0. The Labute approximate surface area is 275 Å². The first-order chi connectivity index (χ1) is 22.0. The van der Waals surface area contributed by atoms with Crippen molar-refractivity contribution in [2.45, 2.75) is 168 Å². The summed E-state index contributed by atoms with van der Waals surface area (Å²) >= 11 is 0. The van der Waals surface area contributed by atoms with E-state index >= 15 is 0 Å². The molecule has 1 aliphatic carbocycles. The van der Waals surface area contributed by atoms with E-state index in [0.717, 1.165) is 38.6 Å². The minimum Gasteiger partial charge on any atom is -0.478 e. The fourth-order valence-corrected chi connectivity index (χ4v) is 6.27. The van der Waals surface area contributed by atoms with Gasteiger partial charge in [0.05, 0.1) is 5.70 Å². The number of ketones is 2. The topological polar surface area (TPSA) is 74.7 Å². The van der Waals surface area contributed by atoms with Crippen molar-refractivity contribution in [1.82, 2.24) is 4.90 Å². The normalized spacial score (nSPS) is 16.3. The number of carbonyl (C=O) groups is 3. The predicted molar refractivity (Wildman–Crippen MR) is 188 cm³/mol. The minimum atomic E-state index is -1.28. The number of aliphatic carboxylic acids is 1. The van der Waals surface area contributed by atoms with E-state index < -0.39 is 11.8 Å². The van der Waals surface area contributed by atoms with E-state index in [4.69, 9.17) is 0 Å². The summed E-state index contributed by atoms with van der Waals surface area (Å²) in [5, 5.41) is 9.79. The van der Waals surface area contributed by atoms with Crippen LogP contribution < -0.4 is 0 Å². The summed E-state index contributed by atoms with van der Waals surface area (Å²) in [6.07, 6.45) is 39.6. The molecule has 2 aliphatic rings. The zero-order valence-electron chi connectivity index (χ0n) is 28.8. The van der Waals surface area contributed by atoms with E-state index in [0.29, 0.717) is 23.3 Å². The molecule has 45 heavy (non-hydrogen) atoms. The fourth-order valence-electron chi connectivity index (χ4n) is 6.27. The van der Waals surface area contributed by atoms with Gasteiger partial charge in [-0.05, 0) is 37.1 Å². The van der Waals surface area contributed by atoms with E-state index in [1.807, 2.05) is 29.3 Å². The average molecular weight is 622 g/mol. The van der Waals surface area contributed by atoms with Crippen LogP contribution in [0.3, 0.4) is 0 Å². The van der Waals surface area contributed by atoms with Gasteiger partial charge in [-0.2, -0.15) is 0 Å². The Morgan fingerprint density at radius 2 is 1.09 bits per heavy atom. The molecule has 5 heteroatoms. The zero-order chi connectivity index (χ0) is 32.5. The third kappa shape index (κ3) is 15.9. The highest BCUT2D eigenvalue weighted by Crippen LogP contribution is 2.28.